The lowest BCUT2D eigenvalue weighted by Crippen LogP contribution is -2.13. The normalized spacial score (nSPS) is 20.2. The molecule has 0 saturated carbocycles. The van der Waals surface area contributed by atoms with Crippen LogP contribution in [0.4, 0.5) is 5.82 Å². The fourth-order valence-electron chi connectivity index (χ4n) is 2.05. The van der Waals surface area contributed by atoms with Crippen molar-refractivity contribution in [3.8, 4) is 0 Å². The molecular weight excluding hydrogens is 176 g/mol. The average molecular weight is 192 g/mol. The Morgan fingerprint density at radius 1 is 1.43 bits per heavy atom. The first-order valence-corrected chi connectivity index (χ1v) is 5.02. The van der Waals surface area contributed by atoms with Gasteiger partial charge in [-0.2, -0.15) is 10.2 Å². The monoisotopic (exact) mass is 192 g/mol. The summed E-state index contributed by atoms with van der Waals surface area (Å²) >= 11 is 0. The Kier molecular flexibility index (Phi) is 2.13. The molecule has 1 unspecified atom stereocenters. The smallest absolute Gasteiger partial charge is 0.176 e. The minimum Gasteiger partial charge on any atom is -0.249 e. The van der Waals surface area contributed by atoms with E-state index in [1.54, 1.807) is 0 Å². The second kappa shape index (κ2) is 3.19. The van der Waals surface area contributed by atoms with Gasteiger partial charge in [0.15, 0.2) is 5.82 Å². The van der Waals surface area contributed by atoms with Crippen LogP contribution in [0.15, 0.2) is 10.2 Å². The summed E-state index contributed by atoms with van der Waals surface area (Å²) in [5.74, 6) is 2.01. The van der Waals surface area contributed by atoms with E-state index in [0.717, 1.165) is 18.1 Å². The van der Waals surface area contributed by atoms with Crippen LogP contribution in [0.1, 0.15) is 31.0 Å². The van der Waals surface area contributed by atoms with Crippen molar-refractivity contribution in [2.45, 2.75) is 26.7 Å². The Labute approximate surface area is 84.0 Å². The predicted octanol–water partition coefficient (Wildman–Crippen LogP) is 2.57. The number of hydrogen-bond acceptors (Lipinski definition) is 3. The minimum absolute atomic E-state index is 0.483. The molecule has 0 N–H and O–H groups in total. The Hall–Kier alpha value is -1.19. The Bertz CT molecular complexity index is 376. The zero-order valence-corrected chi connectivity index (χ0v) is 9.15. The van der Waals surface area contributed by atoms with Crippen LogP contribution in [0.5, 0.6) is 0 Å². The molecule has 76 valence electrons. The highest BCUT2D eigenvalue weighted by molar-refractivity contribution is 5.46. The van der Waals surface area contributed by atoms with Gasteiger partial charge in [-0.1, -0.05) is 13.8 Å². The Morgan fingerprint density at radius 2 is 2.14 bits per heavy atom. The fourth-order valence-corrected chi connectivity index (χ4v) is 2.05. The molecule has 0 aliphatic carbocycles. The highest BCUT2D eigenvalue weighted by atomic mass is 15.3. The highest BCUT2D eigenvalue weighted by Gasteiger charge is 2.27. The largest absolute Gasteiger partial charge is 0.249 e. The SMILES string of the molecule is Cc1nn(C)c2c1C(C(C)C)CN=N2. The molecule has 1 aliphatic rings. The second-order valence-corrected chi connectivity index (χ2v) is 4.22. The van der Waals surface area contributed by atoms with Gasteiger partial charge >= 0.3 is 0 Å². The molecule has 0 bridgehead atoms. The predicted molar refractivity (Wildman–Crippen MR) is 54.9 cm³/mol. The van der Waals surface area contributed by atoms with Crippen molar-refractivity contribution in [3.05, 3.63) is 11.3 Å². The third-order valence-electron chi connectivity index (χ3n) is 2.86. The van der Waals surface area contributed by atoms with Crippen LogP contribution >= 0.6 is 0 Å². The van der Waals surface area contributed by atoms with E-state index in [0.29, 0.717) is 11.8 Å². The molecule has 1 aromatic heterocycles. The second-order valence-electron chi connectivity index (χ2n) is 4.22. The number of aromatic nitrogens is 2. The standard InChI is InChI=1S/C10H16N4/c1-6(2)8-5-11-12-10-9(8)7(3)13-14(10)4/h6,8H,5H2,1-4H3. The average Bonchev–Trinajstić information content (AvgIpc) is 2.43. The van der Waals surface area contributed by atoms with E-state index < -0.39 is 0 Å². The van der Waals surface area contributed by atoms with Crippen LogP contribution in [0.3, 0.4) is 0 Å². The first kappa shape index (κ1) is 9.37. The van der Waals surface area contributed by atoms with Gasteiger partial charge in [-0.3, -0.25) is 0 Å². The molecule has 14 heavy (non-hydrogen) atoms. The van der Waals surface area contributed by atoms with E-state index in [-0.39, 0.29) is 0 Å². The van der Waals surface area contributed by atoms with Gasteiger partial charge < -0.3 is 0 Å². The zero-order valence-electron chi connectivity index (χ0n) is 9.15. The van der Waals surface area contributed by atoms with E-state index in [9.17, 15) is 0 Å². The molecule has 0 aromatic carbocycles. The van der Waals surface area contributed by atoms with E-state index in [4.69, 9.17) is 0 Å². The summed E-state index contributed by atoms with van der Waals surface area (Å²) in [6.07, 6.45) is 0. The van der Waals surface area contributed by atoms with Crippen molar-refractivity contribution in [2.75, 3.05) is 6.54 Å². The van der Waals surface area contributed by atoms with Crippen molar-refractivity contribution in [2.24, 2.45) is 23.2 Å². The van der Waals surface area contributed by atoms with Crippen LogP contribution in [-0.4, -0.2) is 16.3 Å². The highest BCUT2D eigenvalue weighted by Crippen LogP contribution is 2.37. The van der Waals surface area contributed by atoms with Crippen LogP contribution in [0.2, 0.25) is 0 Å². The minimum atomic E-state index is 0.483. The maximum atomic E-state index is 4.39. The molecule has 4 nitrogen and oxygen atoms in total. The van der Waals surface area contributed by atoms with E-state index in [1.165, 1.54) is 5.56 Å². The number of fused-ring (bicyclic) bond motifs is 1. The van der Waals surface area contributed by atoms with Gasteiger partial charge in [0, 0.05) is 18.5 Å². The van der Waals surface area contributed by atoms with E-state index in [1.807, 2.05) is 11.7 Å². The van der Waals surface area contributed by atoms with E-state index >= 15 is 0 Å². The maximum Gasteiger partial charge on any atom is 0.176 e. The number of nitrogens with zero attached hydrogens (tertiary/aromatic N) is 4. The molecule has 0 radical (unpaired) electrons. The molecule has 4 heteroatoms. The fraction of sp³-hybridized carbons (Fsp3) is 0.700. The third kappa shape index (κ3) is 1.25. The third-order valence-corrected chi connectivity index (χ3v) is 2.86. The van der Waals surface area contributed by atoms with Crippen LogP contribution in [0.25, 0.3) is 0 Å². The molecule has 0 fully saturated rings. The summed E-state index contributed by atoms with van der Waals surface area (Å²) in [4.78, 5) is 0. The van der Waals surface area contributed by atoms with Gasteiger partial charge in [0.2, 0.25) is 0 Å². The van der Waals surface area contributed by atoms with Gasteiger partial charge in [-0.05, 0) is 12.8 Å². The Balaban J connectivity index is 2.54. The van der Waals surface area contributed by atoms with Crippen molar-refractivity contribution >= 4 is 5.82 Å². The van der Waals surface area contributed by atoms with Crippen molar-refractivity contribution in [3.63, 3.8) is 0 Å². The molecule has 2 heterocycles. The van der Waals surface area contributed by atoms with Crippen LogP contribution < -0.4 is 0 Å². The molecule has 2 rings (SSSR count). The lowest BCUT2D eigenvalue weighted by atomic mass is 9.88. The maximum absolute atomic E-state index is 4.39. The van der Waals surface area contributed by atoms with Crippen molar-refractivity contribution in [1.82, 2.24) is 9.78 Å². The van der Waals surface area contributed by atoms with Gasteiger partial charge in [0.05, 0.1) is 12.2 Å². The molecule has 1 atom stereocenters. The summed E-state index contributed by atoms with van der Waals surface area (Å²) in [6, 6.07) is 0. The summed E-state index contributed by atoms with van der Waals surface area (Å²) < 4.78 is 1.82. The van der Waals surface area contributed by atoms with Crippen LogP contribution in [-0.2, 0) is 7.05 Å². The number of azo groups is 1. The first-order valence-electron chi connectivity index (χ1n) is 5.02. The lowest BCUT2D eigenvalue weighted by molar-refractivity contribution is 0.489. The number of aryl methyl sites for hydroxylation is 2. The molecule has 0 saturated heterocycles. The van der Waals surface area contributed by atoms with E-state index in [2.05, 4.69) is 36.1 Å². The molecule has 1 aromatic rings. The van der Waals surface area contributed by atoms with Gasteiger partial charge in [0.1, 0.15) is 0 Å². The summed E-state index contributed by atoms with van der Waals surface area (Å²) in [5.41, 5.74) is 2.39. The zero-order chi connectivity index (χ0) is 10.3. The first-order chi connectivity index (χ1) is 6.61. The Morgan fingerprint density at radius 3 is 2.79 bits per heavy atom. The number of hydrogen-bond donors (Lipinski definition) is 0. The molecular formula is C10H16N4. The molecule has 0 spiro atoms. The van der Waals surface area contributed by atoms with Gasteiger partial charge in [0.25, 0.3) is 0 Å². The topological polar surface area (TPSA) is 42.5 Å². The van der Waals surface area contributed by atoms with Crippen LogP contribution in [0, 0.1) is 12.8 Å². The van der Waals surface area contributed by atoms with Crippen molar-refractivity contribution < 1.29 is 0 Å². The molecule has 0 amide bonds. The summed E-state index contributed by atoms with van der Waals surface area (Å²) in [5, 5.41) is 12.7. The summed E-state index contributed by atoms with van der Waals surface area (Å²) in [7, 11) is 1.92. The van der Waals surface area contributed by atoms with Gasteiger partial charge in [-0.15, -0.1) is 5.11 Å². The summed E-state index contributed by atoms with van der Waals surface area (Å²) in [6.45, 7) is 7.30. The quantitative estimate of drug-likeness (QED) is 0.674. The molecule has 1 aliphatic heterocycles. The lowest BCUT2D eigenvalue weighted by Gasteiger charge is -2.21. The number of rotatable bonds is 1. The van der Waals surface area contributed by atoms with Gasteiger partial charge in [-0.25, -0.2) is 4.68 Å². The van der Waals surface area contributed by atoms with Crippen molar-refractivity contribution in [1.29, 1.82) is 0 Å².